The van der Waals surface area contributed by atoms with Gasteiger partial charge in [-0.2, -0.15) is 0 Å². The standard InChI is InChI=1S/C11H13NOS2/c1-8-3-4-9(15-8)11(2,13)7-10-12-5-6-14-10/h3-6,13H,7H2,1-2H3. The van der Waals surface area contributed by atoms with E-state index >= 15 is 0 Å². The monoisotopic (exact) mass is 239 g/mol. The molecule has 0 amide bonds. The Bertz CT molecular complexity index is 431. The Labute approximate surface area is 97.2 Å². The lowest BCUT2D eigenvalue weighted by atomic mass is 10.0. The quantitative estimate of drug-likeness (QED) is 0.893. The Morgan fingerprint density at radius 3 is 2.80 bits per heavy atom. The van der Waals surface area contributed by atoms with Gasteiger partial charge in [0.25, 0.3) is 0 Å². The molecular formula is C11H13NOS2. The van der Waals surface area contributed by atoms with Crippen molar-refractivity contribution >= 4 is 22.7 Å². The summed E-state index contributed by atoms with van der Waals surface area (Å²) in [5.41, 5.74) is -0.795. The van der Waals surface area contributed by atoms with Crippen molar-refractivity contribution in [1.29, 1.82) is 0 Å². The van der Waals surface area contributed by atoms with Crippen molar-refractivity contribution in [3.63, 3.8) is 0 Å². The molecule has 0 radical (unpaired) electrons. The molecule has 0 aromatic carbocycles. The summed E-state index contributed by atoms with van der Waals surface area (Å²) in [5.74, 6) is 0. The molecule has 0 aliphatic carbocycles. The van der Waals surface area contributed by atoms with Crippen molar-refractivity contribution in [2.75, 3.05) is 0 Å². The smallest absolute Gasteiger partial charge is 0.102 e. The van der Waals surface area contributed by atoms with Crippen LogP contribution >= 0.6 is 22.7 Å². The number of nitrogens with zero attached hydrogens (tertiary/aromatic N) is 1. The molecule has 2 heterocycles. The molecule has 1 atom stereocenters. The van der Waals surface area contributed by atoms with Crippen LogP contribution in [0.25, 0.3) is 0 Å². The van der Waals surface area contributed by atoms with Crippen LogP contribution in [0.15, 0.2) is 23.7 Å². The molecule has 0 aliphatic heterocycles. The maximum atomic E-state index is 10.3. The maximum absolute atomic E-state index is 10.3. The Morgan fingerprint density at radius 2 is 2.27 bits per heavy atom. The Morgan fingerprint density at radius 1 is 1.47 bits per heavy atom. The third kappa shape index (κ3) is 2.45. The van der Waals surface area contributed by atoms with Crippen molar-refractivity contribution in [1.82, 2.24) is 4.98 Å². The van der Waals surface area contributed by atoms with Gasteiger partial charge in [-0.25, -0.2) is 4.98 Å². The number of thiazole rings is 1. The fraction of sp³-hybridized carbons (Fsp3) is 0.364. The molecule has 2 aromatic rings. The van der Waals surface area contributed by atoms with Crippen LogP contribution in [-0.4, -0.2) is 10.1 Å². The second-order valence-electron chi connectivity index (χ2n) is 3.79. The summed E-state index contributed by atoms with van der Waals surface area (Å²) in [6, 6.07) is 4.03. The van der Waals surface area contributed by atoms with Crippen LogP contribution < -0.4 is 0 Å². The molecule has 80 valence electrons. The van der Waals surface area contributed by atoms with E-state index in [1.165, 1.54) is 4.88 Å². The highest BCUT2D eigenvalue weighted by atomic mass is 32.1. The SMILES string of the molecule is Cc1ccc(C(C)(O)Cc2nccs2)s1. The number of aromatic nitrogens is 1. The minimum Gasteiger partial charge on any atom is -0.384 e. The fourth-order valence-electron chi connectivity index (χ4n) is 1.45. The lowest BCUT2D eigenvalue weighted by Crippen LogP contribution is -2.22. The molecule has 0 saturated heterocycles. The first-order valence-electron chi connectivity index (χ1n) is 4.75. The van der Waals surface area contributed by atoms with Crippen molar-refractivity contribution < 1.29 is 5.11 Å². The fourth-order valence-corrected chi connectivity index (χ4v) is 3.12. The van der Waals surface area contributed by atoms with E-state index in [4.69, 9.17) is 0 Å². The second-order valence-corrected chi connectivity index (χ2v) is 6.05. The molecule has 2 aromatic heterocycles. The van der Waals surface area contributed by atoms with Gasteiger partial charge in [-0.1, -0.05) is 0 Å². The summed E-state index contributed by atoms with van der Waals surface area (Å²) in [6.07, 6.45) is 2.36. The average molecular weight is 239 g/mol. The van der Waals surface area contributed by atoms with E-state index in [0.29, 0.717) is 6.42 Å². The molecule has 1 N–H and O–H groups in total. The topological polar surface area (TPSA) is 33.1 Å². The normalized spacial score (nSPS) is 15.1. The summed E-state index contributed by atoms with van der Waals surface area (Å²) in [6.45, 7) is 3.90. The van der Waals surface area contributed by atoms with Crippen molar-refractivity contribution in [2.45, 2.75) is 25.9 Å². The summed E-state index contributed by atoms with van der Waals surface area (Å²) in [4.78, 5) is 6.43. The van der Waals surface area contributed by atoms with Crippen LogP contribution in [0.4, 0.5) is 0 Å². The lowest BCUT2D eigenvalue weighted by molar-refractivity contribution is 0.0614. The van der Waals surface area contributed by atoms with Gasteiger partial charge < -0.3 is 5.11 Å². The van der Waals surface area contributed by atoms with Gasteiger partial charge in [0.1, 0.15) is 5.60 Å². The number of aryl methyl sites for hydroxylation is 1. The van der Waals surface area contributed by atoms with Gasteiger partial charge in [0.05, 0.1) is 5.01 Å². The molecule has 0 aliphatic rings. The van der Waals surface area contributed by atoms with Crippen LogP contribution in [0.3, 0.4) is 0 Å². The van der Waals surface area contributed by atoms with Gasteiger partial charge in [0.2, 0.25) is 0 Å². The zero-order chi connectivity index (χ0) is 10.9. The van der Waals surface area contributed by atoms with Crippen molar-refractivity contribution in [3.8, 4) is 0 Å². The maximum Gasteiger partial charge on any atom is 0.102 e. The zero-order valence-corrected chi connectivity index (χ0v) is 10.4. The van der Waals surface area contributed by atoms with Gasteiger partial charge in [-0.05, 0) is 26.0 Å². The number of thiophene rings is 1. The van der Waals surface area contributed by atoms with E-state index < -0.39 is 5.60 Å². The van der Waals surface area contributed by atoms with E-state index in [1.807, 2.05) is 31.4 Å². The summed E-state index contributed by atoms with van der Waals surface area (Å²) >= 11 is 3.23. The van der Waals surface area contributed by atoms with E-state index in [0.717, 1.165) is 9.88 Å². The van der Waals surface area contributed by atoms with Gasteiger partial charge in [0.15, 0.2) is 0 Å². The molecule has 15 heavy (non-hydrogen) atoms. The van der Waals surface area contributed by atoms with Gasteiger partial charge in [-0.3, -0.25) is 0 Å². The van der Waals surface area contributed by atoms with Crippen molar-refractivity contribution in [2.24, 2.45) is 0 Å². The summed E-state index contributed by atoms with van der Waals surface area (Å²) in [5, 5.41) is 13.3. The molecule has 4 heteroatoms. The van der Waals surface area contributed by atoms with Crippen LogP contribution in [0, 0.1) is 6.92 Å². The molecule has 0 fully saturated rings. The average Bonchev–Trinajstić information content (AvgIpc) is 2.75. The van der Waals surface area contributed by atoms with E-state index in [9.17, 15) is 5.11 Å². The Kier molecular flexibility index (Phi) is 2.91. The second kappa shape index (κ2) is 4.04. The van der Waals surface area contributed by atoms with E-state index in [-0.39, 0.29) is 0 Å². The van der Waals surface area contributed by atoms with Gasteiger partial charge >= 0.3 is 0 Å². The predicted octanol–water partition coefficient (Wildman–Crippen LogP) is 2.96. The first kappa shape index (κ1) is 10.8. The minimum absolute atomic E-state index is 0.588. The molecule has 0 saturated carbocycles. The third-order valence-electron chi connectivity index (χ3n) is 2.25. The highest BCUT2D eigenvalue weighted by molar-refractivity contribution is 7.12. The Balaban J connectivity index is 2.20. The number of hydrogen-bond donors (Lipinski definition) is 1. The summed E-state index contributed by atoms with van der Waals surface area (Å²) < 4.78 is 0. The highest BCUT2D eigenvalue weighted by Gasteiger charge is 2.26. The molecule has 0 bridgehead atoms. The first-order chi connectivity index (χ1) is 7.08. The summed E-state index contributed by atoms with van der Waals surface area (Å²) in [7, 11) is 0. The largest absolute Gasteiger partial charge is 0.384 e. The Hall–Kier alpha value is -0.710. The van der Waals surface area contributed by atoms with E-state index in [2.05, 4.69) is 4.98 Å². The van der Waals surface area contributed by atoms with Gasteiger partial charge in [0, 0.05) is 27.8 Å². The predicted molar refractivity (Wildman–Crippen MR) is 64.4 cm³/mol. The number of aliphatic hydroxyl groups is 1. The van der Waals surface area contributed by atoms with Crippen LogP contribution in [0.5, 0.6) is 0 Å². The molecule has 0 spiro atoms. The highest BCUT2D eigenvalue weighted by Crippen LogP contribution is 2.31. The minimum atomic E-state index is -0.795. The third-order valence-corrected chi connectivity index (χ3v) is 4.28. The molecule has 2 nitrogen and oxygen atoms in total. The number of rotatable bonds is 3. The van der Waals surface area contributed by atoms with Crippen LogP contribution in [0.1, 0.15) is 21.7 Å². The van der Waals surface area contributed by atoms with E-state index in [1.54, 1.807) is 28.9 Å². The van der Waals surface area contributed by atoms with Crippen molar-refractivity contribution in [3.05, 3.63) is 38.5 Å². The molecule has 1 unspecified atom stereocenters. The zero-order valence-electron chi connectivity index (χ0n) is 8.73. The number of hydrogen-bond acceptors (Lipinski definition) is 4. The van der Waals surface area contributed by atoms with Crippen LogP contribution in [0.2, 0.25) is 0 Å². The molecule has 2 rings (SSSR count). The first-order valence-corrected chi connectivity index (χ1v) is 6.45. The molecular weight excluding hydrogens is 226 g/mol. The van der Waals surface area contributed by atoms with Crippen LogP contribution in [-0.2, 0) is 12.0 Å². The van der Waals surface area contributed by atoms with Gasteiger partial charge in [-0.15, -0.1) is 22.7 Å². The lowest BCUT2D eigenvalue weighted by Gasteiger charge is -2.20.